The van der Waals surface area contributed by atoms with Gasteiger partial charge in [-0.3, -0.25) is 4.79 Å². The lowest BCUT2D eigenvalue weighted by Gasteiger charge is -2.19. The van der Waals surface area contributed by atoms with Crippen molar-refractivity contribution in [2.75, 3.05) is 19.6 Å². The van der Waals surface area contributed by atoms with Gasteiger partial charge in [-0.15, -0.1) is 0 Å². The van der Waals surface area contributed by atoms with Gasteiger partial charge in [0.05, 0.1) is 0 Å². The molecular weight excluding hydrogens is 152 g/mol. The molecule has 0 aromatic carbocycles. The van der Waals surface area contributed by atoms with Gasteiger partial charge < -0.3 is 10.2 Å². The molecule has 0 aliphatic carbocycles. The molecule has 3 heteroatoms. The highest BCUT2D eigenvalue weighted by Gasteiger charge is 2.23. The first kappa shape index (κ1) is 8.05. The monoisotopic (exact) mass is 168 g/mol. The summed E-state index contributed by atoms with van der Waals surface area (Å²) in [5.41, 5.74) is 0. The number of rotatable bonds is 2. The summed E-state index contributed by atoms with van der Waals surface area (Å²) in [6.07, 6.45) is 4.44. The van der Waals surface area contributed by atoms with Gasteiger partial charge in [-0.1, -0.05) is 0 Å². The molecule has 1 unspecified atom stereocenters. The topological polar surface area (TPSA) is 32.3 Å². The maximum absolute atomic E-state index is 10.9. The van der Waals surface area contributed by atoms with E-state index in [0.717, 1.165) is 19.4 Å². The summed E-state index contributed by atoms with van der Waals surface area (Å²) in [5.74, 6) is 0.235. The van der Waals surface area contributed by atoms with Crippen LogP contribution in [0.5, 0.6) is 0 Å². The average Bonchev–Trinajstić information content (AvgIpc) is 2.63. The van der Waals surface area contributed by atoms with E-state index in [4.69, 9.17) is 0 Å². The van der Waals surface area contributed by atoms with Crippen LogP contribution in [0, 0.1) is 0 Å². The molecule has 0 aromatic heterocycles. The number of hydrogen-bond donors (Lipinski definition) is 1. The molecule has 0 saturated carbocycles. The maximum atomic E-state index is 10.9. The predicted molar refractivity (Wildman–Crippen MR) is 46.8 cm³/mol. The number of carbonyl (C=O) groups is 1. The van der Waals surface area contributed by atoms with Crippen LogP contribution < -0.4 is 5.32 Å². The number of nitrogens with zero attached hydrogens (tertiary/aromatic N) is 1. The second kappa shape index (κ2) is 3.44. The standard InChI is InChI=1S/C9H16N2O/c12-9-4-3-8(10-9)7-11-5-1-2-6-11/h8H,1-7H2,(H,10,12). The summed E-state index contributed by atoms with van der Waals surface area (Å²) in [5, 5.41) is 3.00. The summed E-state index contributed by atoms with van der Waals surface area (Å²) in [4.78, 5) is 13.4. The Morgan fingerprint density at radius 3 is 2.75 bits per heavy atom. The van der Waals surface area contributed by atoms with E-state index in [1.165, 1.54) is 25.9 Å². The molecule has 2 rings (SSSR count). The first-order chi connectivity index (χ1) is 5.84. The average molecular weight is 168 g/mol. The van der Waals surface area contributed by atoms with Gasteiger partial charge >= 0.3 is 0 Å². The van der Waals surface area contributed by atoms with E-state index in [9.17, 15) is 4.79 Å². The highest BCUT2D eigenvalue weighted by Crippen LogP contribution is 2.12. The van der Waals surface area contributed by atoms with Crippen LogP contribution in [0.15, 0.2) is 0 Å². The fourth-order valence-corrected chi connectivity index (χ4v) is 2.09. The van der Waals surface area contributed by atoms with Crippen molar-refractivity contribution in [1.29, 1.82) is 0 Å². The Bertz CT molecular complexity index is 175. The van der Waals surface area contributed by atoms with E-state index < -0.39 is 0 Å². The third kappa shape index (κ3) is 1.78. The first-order valence-corrected chi connectivity index (χ1v) is 4.86. The van der Waals surface area contributed by atoms with Crippen LogP contribution in [0.25, 0.3) is 0 Å². The molecule has 0 aromatic rings. The van der Waals surface area contributed by atoms with Crippen molar-refractivity contribution in [3.63, 3.8) is 0 Å². The van der Waals surface area contributed by atoms with Crippen molar-refractivity contribution in [3.05, 3.63) is 0 Å². The maximum Gasteiger partial charge on any atom is 0.220 e. The highest BCUT2D eigenvalue weighted by atomic mass is 16.1. The second-order valence-electron chi connectivity index (χ2n) is 3.81. The molecule has 2 saturated heterocycles. The summed E-state index contributed by atoms with van der Waals surface area (Å²) in [7, 11) is 0. The van der Waals surface area contributed by atoms with E-state index in [2.05, 4.69) is 10.2 Å². The third-order valence-electron chi connectivity index (χ3n) is 2.76. The Labute approximate surface area is 73.1 Å². The zero-order chi connectivity index (χ0) is 8.39. The predicted octanol–water partition coefficient (Wildman–Crippen LogP) is 0.361. The number of hydrogen-bond acceptors (Lipinski definition) is 2. The molecule has 0 bridgehead atoms. The second-order valence-corrected chi connectivity index (χ2v) is 3.81. The smallest absolute Gasteiger partial charge is 0.220 e. The molecule has 2 heterocycles. The Balaban J connectivity index is 1.75. The van der Waals surface area contributed by atoms with Crippen molar-refractivity contribution >= 4 is 5.91 Å². The minimum absolute atomic E-state index is 0.235. The number of nitrogens with one attached hydrogen (secondary N) is 1. The fourth-order valence-electron chi connectivity index (χ4n) is 2.09. The molecule has 2 fully saturated rings. The quantitative estimate of drug-likeness (QED) is 0.645. The number of likely N-dealkylation sites (tertiary alicyclic amines) is 1. The zero-order valence-corrected chi connectivity index (χ0v) is 7.38. The lowest BCUT2D eigenvalue weighted by atomic mass is 10.2. The zero-order valence-electron chi connectivity index (χ0n) is 7.38. The molecule has 1 amide bonds. The van der Waals surface area contributed by atoms with Gasteiger partial charge in [0.2, 0.25) is 5.91 Å². The summed E-state index contributed by atoms with van der Waals surface area (Å²) < 4.78 is 0. The molecule has 3 nitrogen and oxygen atoms in total. The normalized spacial score (nSPS) is 31.0. The van der Waals surface area contributed by atoms with E-state index in [1.807, 2.05) is 0 Å². The highest BCUT2D eigenvalue weighted by molar-refractivity contribution is 5.78. The molecule has 12 heavy (non-hydrogen) atoms. The lowest BCUT2D eigenvalue weighted by Crippen LogP contribution is -2.37. The fraction of sp³-hybridized carbons (Fsp3) is 0.889. The Morgan fingerprint density at radius 1 is 1.42 bits per heavy atom. The first-order valence-electron chi connectivity index (χ1n) is 4.86. The van der Waals surface area contributed by atoms with Crippen LogP contribution in [0.1, 0.15) is 25.7 Å². The van der Waals surface area contributed by atoms with Crippen LogP contribution >= 0.6 is 0 Å². The van der Waals surface area contributed by atoms with Crippen LogP contribution in [-0.4, -0.2) is 36.5 Å². The molecule has 1 atom stereocenters. The molecule has 0 radical (unpaired) electrons. The van der Waals surface area contributed by atoms with Crippen molar-refractivity contribution < 1.29 is 4.79 Å². The van der Waals surface area contributed by atoms with Gasteiger partial charge in [-0.25, -0.2) is 0 Å². The van der Waals surface area contributed by atoms with E-state index in [0.29, 0.717) is 6.04 Å². The van der Waals surface area contributed by atoms with Crippen LogP contribution in [0.3, 0.4) is 0 Å². The van der Waals surface area contributed by atoms with Crippen LogP contribution in [0.4, 0.5) is 0 Å². The van der Waals surface area contributed by atoms with Gasteiger partial charge in [-0.05, 0) is 32.4 Å². The molecule has 0 spiro atoms. The summed E-state index contributed by atoms with van der Waals surface area (Å²) >= 11 is 0. The Kier molecular flexibility index (Phi) is 2.30. The number of carbonyl (C=O) groups excluding carboxylic acids is 1. The lowest BCUT2D eigenvalue weighted by molar-refractivity contribution is -0.119. The molecule has 68 valence electrons. The molecular formula is C9H16N2O. The largest absolute Gasteiger partial charge is 0.352 e. The summed E-state index contributed by atoms with van der Waals surface area (Å²) in [6.45, 7) is 3.53. The van der Waals surface area contributed by atoms with E-state index in [-0.39, 0.29) is 5.91 Å². The minimum atomic E-state index is 0.235. The van der Waals surface area contributed by atoms with E-state index in [1.54, 1.807) is 0 Å². The van der Waals surface area contributed by atoms with Gasteiger partial charge in [-0.2, -0.15) is 0 Å². The minimum Gasteiger partial charge on any atom is -0.352 e. The van der Waals surface area contributed by atoms with Gasteiger partial charge in [0.25, 0.3) is 0 Å². The van der Waals surface area contributed by atoms with Crippen molar-refractivity contribution in [2.24, 2.45) is 0 Å². The van der Waals surface area contributed by atoms with Crippen molar-refractivity contribution in [2.45, 2.75) is 31.7 Å². The Morgan fingerprint density at radius 2 is 2.17 bits per heavy atom. The molecule has 2 aliphatic rings. The SMILES string of the molecule is O=C1CCC(CN2CCCC2)N1. The van der Waals surface area contributed by atoms with Gasteiger partial charge in [0, 0.05) is 19.0 Å². The van der Waals surface area contributed by atoms with Gasteiger partial charge in [0.15, 0.2) is 0 Å². The summed E-state index contributed by atoms with van der Waals surface area (Å²) in [6, 6.07) is 0.440. The van der Waals surface area contributed by atoms with E-state index >= 15 is 0 Å². The molecule has 1 N–H and O–H groups in total. The molecule has 2 aliphatic heterocycles. The van der Waals surface area contributed by atoms with Crippen LogP contribution in [0.2, 0.25) is 0 Å². The Hall–Kier alpha value is -0.570. The van der Waals surface area contributed by atoms with Gasteiger partial charge in [0.1, 0.15) is 0 Å². The van der Waals surface area contributed by atoms with Crippen LogP contribution in [-0.2, 0) is 4.79 Å². The number of amides is 1. The van der Waals surface area contributed by atoms with Crippen molar-refractivity contribution in [3.8, 4) is 0 Å². The third-order valence-corrected chi connectivity index (χ3v) is 2.76. The van der Waals surface area contributed by atoms with Crippen molar-refractivity contribution in [1.82, 2.24) is 10.2 Å².